The van der Waals surface area contributed by atoms with Gasteiger partial charge in [0.05, 0.1) is 16.9 Å². The molecule has 22 heavy (non-hydrogen) atoms. The molecule has 0 fully saturated rings. The van der Waals surface area contributed by atoms with Crippen molar-refractivity contribution >= 4 is 17.2 Å². The molecule has 2 aromatic rings. The van der Waals surface area contributed by atoms with Crippen LogP contribution in [0.3, 0.4) is 0 Å². The van der Waals surface area contributed by atoms with E-state index >= 15 is 0 Å². The SMILES string of the molecule is CCc1c(C)c(N)c(N)c(C(=O)c2ccc(C)cc2)c1CC. The van der Waals surface area contributed by atoms with Gasteiger partial charge in [-0.05, 0) is 43.4 Å². The molecular formula is C19H24N2O. The van der Waals surface area contributed by atoms with E-state index in [4.69, 9.17) is 11.5 Å². The first-order valence-corrected chi connectivity index (χ1v) is 7.72. The molecule has 0 heterocycles. The summed E-state index contributed by atoms with van der Waals surface area (Å²) in [6.45, 7) is 8.11. The zero-order chi connectivity index (χ0) is 16.4. The molecule has 0 spiro atoms. The highest BCUT2D eigenvalue weighted by molar-refractivity contribution is 6.14. The molecule has 3 heteroatoms. The predicted molar refractivity (Wildman–Crippen MR) is 93.4 cm³/mol. The van der Waals surface area contributed by atoms with Crippen LogP contribution in [-0.2, 0) is 12.8 Å². The third-order valence-corrected chi connectivity index (χ3v) is 4.33. The van der Waals surface area contributed by atoms with Crippen molar-refractivity contribution in [3.05, 3.63) is 57.6 Å². The van der Waals surface area contributed by atoms with Gasteiger partial charge >= 0.3 is 0 Å². The molecule has 0 aliphatic heterocycles. The first kappa shape index (κ1) is 16.1. The Balaban J connectivity index is 2.71. The Hall–Kier alpha value is -2.29. The van der Waals surface area contributed by atoms with Crippen LogP contribution in [0.15, 0.2) is 24.3 Å². The minimum absolute atomic E-state index is 0.0456. The van der Waals surface area contributed by atoms with E-state index in [1.165, 1.54) is 0 Å². The first-order valence-electron chi connectivity index (χ1n) is 7.72. The molecule has 2 aromatic carbocycles. The Morgan fingerprint density at radius 3 is 1.95 bits per heavy atom. The highest BCUT2D eigenvalue weighted by atomic mass is 16.1. The number of aryl methyl sites for hydroxylation is 1. The van der Waals surface area contributed by atoms with E-state index in [0.717, 1.165) is 35.1 Å². The van der Waals surface area contributed by atoms with Gasteiger partial charge in [-0.25, -0.2) is 0 Å². The van der Waals surface area contributed by atoms with Crippen LogP contribution in [0.1, 0.15) is 52.0 Å². The fourth-order valence-corrected chi connectivity index (χ4v) is 3.02. The molecule has 0 aliphatic carbocycles. The molecule has 0 aromatic heterocycles. The lowest BCUT2D eigenvalue weighted by atomic mass is 9.86. The number of anilines is 2. The minimum Gasteiger partial charge on any atom is -0.397 e. The number of ketones is 1. The second kappa shape index (κ2) is 6.22. The fourth-order valence-electron chi connectivity index (χ4n) is 3.02. The van der Waals surface area contributed by atoms with E-state index in [0.29, 0.717) is 22.5 Å². The van der Waals surface area contributed by atoms with E-state index in [-0.39, 0.29) is 5.78 Å². The summed E-state index contributed by atoms with van der Waals surface area (Å²) in [5.74, 6) is -0.0456. The van der Waals surface area contributed by atoms with Gasteiger partial charge in [0.15, 0.2) is 5.78 Å². The minimum atomic E-state index is -0.0456. The van der Waals surface area contributed by atoms with Crippen molar-refractivity contribution in [3.8, 4) is 0 Å². The Labute approximate surface area is 132 Å². The maximum absolute atomic E-state index is 13.0. The molecule has 0 aliphatic rings. The monoisotopic (exact) mass is 296 g/mol. The Morgan fingerprint density at radius 2 is 1.45 bits per heavy atom. The average Bonchev–Trinajstić information content (AvgIpc) is 2.52. The molecule has 0 radical (unpaired) electrons. The van der Waals surface area contributed by atoms with Gasteiger partial charge < -0.3 is 11.5 Å². The largest absolute Gasteiger partial charge is 0.397 e. The van der Waals surface area contributed by atoms with Gasteiger partial charge in [0, 0.05) is 5.56 Å². The Bertz CT molecular complexity index is 715. The van der Waals surface area contributed by atoms with Crippen molar-refractivity contribution in [3.63, 3.8) is 0 Å². The van der Waals surface area contributed by atoms with Crippen LogP contribution in [0.4, 0.5) is 11.4 Å². The summed E-state index contributed by atoms with van der Waals surface area (Å²) < 4.78 is 0. The van der Waals surface area contributed by atoms with E-state index in [9.17, 15) is 4.79 Å². The molecule has 0 bridgehead atoms. The molecule has 116 valence electrons. The summed E-state index contributed by atoms with van der Waals surface area (Å²) in [5.41, 5.74) is 18.8. The number of rotatable bonds is 4. The van der Waals surface area contributed by atoms with Crippen molar-refractivity contribution < 1.29 is 4.79 Å². The van der Waals surface area contributed by atoms with Gasteiger partial charge in [0.2, 0.25) is 0 Å². The molecule has 2 rings (SSSR count). The summed E-state index contributed by atoms with van der Waals surface area (Å²) in [7, 11) is 0. The third kappa shape index (κ3) is 2.59. The maximum Gasteiger partial charge on any atom is 0.195 e. The summed E-state index contributed by atoms with van der Waals surface area (Å²) >= 11 is 0. The quantitative estimate of drug-likeness (QED) is 0.665. The van der Waals surface area contributed by atoms with Crippen molar-refractivity contribution in [2.24, 2.45) is 0 Å². The Kier molecular flexibility index (Phi) is 4.55. The Morgan fingerprint density at radius 1 is 0.909 bits per heavy atom. The third-order valence-electron chi connectivity index (χ3n) is 4.33. The van der Waals surface area contributed by atoms with Gasteiger partial charge in [0.1, 0.15) is 0 Å². The molecule has 4 N–H and O–H groups in total. The number of carbonyl (C=O) groups excluding carboxylic acids is 1. The molecule has 0 saturated carbocycles. The van der Waals surface area contributed by atoms with Crippen molar-refractivity contribution in [1.82, 2.24) is 0 Å². The topological polar surface area (TPSA) is 69.1 Å². The van der Waals surface area contributed by atoms with Crippen LogP contribution in [0, 0.1) is 13.8 Å². The molecule has 0 atom stereocenters. The van der Waals surface area contributed by atoms with E-state index in [1.54, 1.807) is 0 Å². The molecule has 0 unspecified atom stereocenters. The number of carbonyl (C=O) groups is 1. The number of hydrogen-bond acceptors (Lipinski definition) is 3. The molecule has 3 nitrogen and oxygen atoms in total. The first-order chi connectivity index (χ1) is 10.4. The summed E-state index contributed by atoms with van der Waals surface area (Å²) in [5, 5.41) is 0. The lowest BCUT2D eigenvalue weighted by Gasteiger charge is -2.20. The van der Waals surface area contributed by atoms with Crippen molar-refractivity contribution in [1.29, 1.82) is 0 Å². The van der Waals surface area contributed by atoms with Crippen LogP contribution in [0.25, 0.3) is 0 Å². The number of hydrogen-bond donors (Lipinski definition) is 2. The molecule has 0 saturated heterocycles. The van der Waals surface area contributed by atoms with Gasteiger partial charge in [-0.1, -0.05) is 43.7 Å². The zero-order valence-corrected chi connectivity index (χ0v) is 13.8. The highest BCUT2D eigenvalue weighted by Crippen LogP contribution is 2.34. The zero-order valence-electron chi connectivity index (χ0n) is 13.8. The number of benzene rings is 2. The number of nitrogen functional groups attached to an aromatic ring is 2. The van der Waals surface area contributed by atoms with Gasteiger partial charge in [-0.2, -0.15) is 0 Å². The standard InChI is InChI=1S/C19H24N2O/c1-5-14-12(4)17(20)18(21)16(15(14)6-2)19(22)13-9-7-11(3)8-10-13/h7-10H,5-6,20-21H2,1-4H3. The number of nitrogens with two attached hydrogens (primary N) is 2. The second-order valence-corrected chi connectivity index (χ2v) is 5.69. The van der Waals surface area contributed by atoms with E-state index in [2.05, 4.69) is 13.8 Å². The van der Waals surface area contributed by atoms with Crippen LogP contribution < -0.4 is 11.5 Å². The fraction of sp³-hybridized carbons (Fsp3) is 0.316. The van der Waals surface area contributed by atoms with Crippen LogP contribution in [0.5, 0.6) is 0 Å². The van der Waals surface area contributed by atoms with Crippen LogP contribution >= 0.6 is 0 Å². The highest BCUT2D eigenvalue weighted by Gasteiger charge is 2.22. The predicted octanol–water partition coefficient (Wildman–Crippen LogP) is 3.82. The van der Waals surface area contributed by atoms with Crippen LogP contribution in [0.2, 0.25) is 0 Å². The lowest BCUT2D eigenvalue weighted by Crippen LogP contribution is -2.15. The van der Waals surface area contributed by atoms with Gasteiger partial charge in [0.25, 0.3) is 0 Å². The maximum atomic E-state index is 13.0. The lowest BCUT2D eigenvalue weighted by molar-refractivity contribution is 0.103. The van der Waals surface area contributed by atoms with Crippen molar-refractivity contribution in [2.75, 3.05) is 11.5 Å². The van der Waals surface area contributed by atoms with Gasteiger partial charge in [-0.3, -0.25) is 4.79 Å². The summed E-state index contributed by atoms with van der Waals surface area (Å²) in [6, 6.07) is 7.57. The molecule has 0 amide bonds. The van der Waals surface area contributed by atoms with Crippen molar-refractivity contribution in [2.45, 2.75) is 40.5 Å². The van der Waals surface area contributed by atoms with E-state index < -0.39 is 0 Å². The summed E-state index contributed by atoms with van der Waals surface area (Å²) in [6.07, 6.45) is 1.61. The summed E-state index contributed by atoms with van der Waals surface area (Å²) in [4.78, 5) is 13.0. The molecular weight excluding hydrogens is 272 g/mol. The van der Waals surface area contributed by atoms with Crippen LogP contribution in [-0.4, -0.2) is 5.78 Å². The van der Waals surface area contributed by atoms with E-state index in [1.807, 2.05) is 38.1 Å². The normalized spacial score (nSPS) is 10.7. The van der Waals surface area contributed by atoms with Gasteiger partial charge in [-0.15, -0.1) is 0 Å². The average molecular weight is 296 g/mol. The smallest absolute Gasteiger partial charge is 0.195 e. The second-order valence-electron chi connectivity index (χ2n) is 5.69.